The largest absolute Gasteiger partial charge is 0.493 e. The highest BCUT2D eigenvalue weighted by Gasteiger charge is 2.34. The molecule has 1 aliphatic heterocycles. The molecule has 0 fully saturated rings. The third kappa shape index (κ3) is 4.08. The Kier molecular flexibility index (Phi) is 6.19. The van der Waals surface area contributed by atoms with Gasteiger partial charge in [-0.25, -0.2) is 13.6 Å². The molecule has 32 heavy (non-hydrogen) atoms. The first-order valence-corrected chi connectivity index (χ1v) is 10.3. The summed E-state index contributed by atoms with van der Waals surface area (Å²) in [6, 6.07) is 12.7. The summed E-state index contributed by atoms with van der Waals surface area (Å²) >= 11 is 6.51. The Morgan fingerprint density at radius 2 is 1.75 bits per heavy atom. The number of carbonyl (C=O) groups is 1. The molecule has 1 atom stereocenters. The number of carbonyl (C=O) groups excluding carboxylic acids is 1. The number of hydrogen-bond donors (Lipinski definition) is 1. The van der Waals surface area contributed by atoms with E-state index in [0.717, 1.165) is 29.3 Å². The number of ether oxygens (including phenoxy) is 2. The van der Waals surface area contributed by atoms with Gasteiger partial charge in [-0.05, 0) is 53.4 Å². The predicted molar refractivity (Wildman–Crippen MR) is 119 cm³/mol. The summed E-state index contributed by atoms with van der Waals surface area (Å²) in [7, 11) is 3.10. The predicted octanol–water partition coefficient (Wildman–Crippen LogP) is 5.82. The van der Waals surface area contributed by atoms with Crippen LogP contribution in [0.15, 0.2) is 54.6 Å². The van der Waals surface area contributed by atoms with E-state index in [1.807, 2.05) is 24.3 Å². The molecule has 8 heteroatoms. The van der Waals surface area contributed by atoms with E-state index in [1.165, 1.54) is 7.11 Å². The van der Waals surface area contributed by atoms with Gasteiger partial charge >= 0.3 is 6.03 Å². The van der Waals surface area contributed by atoms with Crippen molar-refractivity contribution in [1.82, 2.24) is 4.90 Å². The number of anilines is 1. The molecule has 4 rings (SSSR count). The second-order valence-electron chi connectivity index (χ2n) is 7.33. The van der Waals surface area contributed by atoms with Gasteiger partial charge in [0.1, 0.15) is 11.6 Å². The van der Waals surface area contributed by atoms with Crippen LogP contribution in [0.5, 0.6) is 11.5 Å². The summed E-state index contributed by atoms with van der Waals surface area (Å²) in [6.07, 6.45) is 0.537. The van der Waals surface area contributed by atoms with Crippen molar-refractivity contribution < 1.29 is 23.0 Å². The molecule has 0 spiro atoms. The highest BCUT2D eigenvalue weighted by atomic mass is 35.5. The molecule has 5 nitrogen and oxygen atoms in total. The molecule has 0 radical (unpaired) electrons. The van der Waals surface area contributed by atoms with Gasteiger partial charge in [0.2, 0.25) is 0 Å². The summed E-state index contributed by atoms with van der Waals surface area (Å²) in [5.41, 5.74) is 2.27. The summed E-state index contributed by atoms with van der Waals surface area (Å²) < 4.78 is 38.7. The minimum absolute atomic E-state index is 0.231. The molecule has 3 aromatic rings. The van der Waals surface area contributed by atoms with Gasteiger partial charge in [0, 0.05) is 17.6 Å². The Morgan fingerprint density at radius 1 is 1.03 bits per heavy atom. The van der Waals surface area contributed by atoms with Crippen molar-refractivity contribution >= 4 is 23.3 Å². The number of hydrogen-bond acceptors (Lipinski definition) is 3. The number of nitrogens with one attached hydrogen (secondary N) is 1. The van der Waals surface area contributed by atoms with Crippen LogP contribution < -0.4 is 14.8 Å². The lowest BCUT2D eigenvalue weighted by atomic mass is 9.87. The maximum atomic E-state index is 14.2. The van der Waals surface area contributed by atoms with Crippen LogP contribution in [0.2, 0.25) is 5.02 Å². The highest BCUT2D eigenvalue weighted by Crippen LogP contribution is 2.43. The smallest absolute Gasteiger partial charge is 0.322 e. The second-order valence-corrected chi connectivity index (χ2v) is 7.73. The van der Waals surface area contributed by atoms with E-state index < -0.39 is 23.7 Å². The number of nitrogens with zero attached hydrogens (tertiary/aromatic N) is 1. The van der Waals surface area contributed by atoms with Gasteiger partial charge in [-0.15, -0.1) is 0 Å². The van der Waals surface area contributed by atoms with Crippen LogP contribution in [-0.2, 0) is 6.42 Å². The fourth-order valence-electron chi connectivity index (χ4n) is 3.98. The number of amides is 2. The first-order chi connectivity index (χ1) is 15.4. The fraction of sp³-hybridized carbons (Fsp3) is 0.208. The van der Waals surface area contributed by atoms with Crippen molar-refractivity contribution in [2.45, 2.75) is 12.5 Å². The zero-order valence-electron chi connectivity index (χ0n) is 17.5. The van der Waals surface area contributed by atoms with Gasteiger partial charge in [0.25, 0.3) is 0 Å². The van der Waals surface area contributed by atoms with Gasteiger partial charge in [0.05, 0.1) is 25.9 Å². The van der Waals surface area contributed by atoms with Gasteiger partial charge in [-0.2, -0.15) is 0 Å². The summed E-state index contributed by atoms with van der Waals surface area (Å²) in [5, 5.41) is 2.98. The van der Waals surface area contributed by atoms with Gasteiger partial charge in [-0.1, -0.05) is 29.8 Å². The second kappa shape index (κ2) is 9.04. The Morgan fingerprint density at radius 3 is 2.47 bits per heavy atom. The molecule has 1 aliphatic rings. The van der Waals surface area contributed by atoms with E-state index in [4.69, 9.17) is 21.1 Å². The Hall–Kier alpha value is -3.32. The molecule has 2 amide bonds. The van der Waals surface area contributed by atoms with E-state index in [9.17, 15) is 13.6 Å². The van der Waals surface area contributed by atoms with E-state index in [0.29, 0.717) is 35.1 Å². The Balaban J connectivity index is 1.80. The van der Waals surface area contributed by atoms with Crippen molar-refractivity contribution in [2.24, 2.45) is 0 Å². The van der Waals surface area contributed by atoms with E-state index in [1.54, 1.807) is 24.1 Å². The SMILES string of the molecule is COc1cc2c(cc1OC)C(c1ccccc1Cl)N(C(=O)Nc1cc(F)ccc1F)CC2. The lowest BCUT2D eigenvalue weighted by Gasteiger charge is -2.38. The van der Waals surface area contributed by atoms with Crippen LogP contribution in [0.25, 0.3) is 0 Å². The van der Waals surface area contributed by atoms with Crippen LogP contribution in [0.3, 0.4) is 0 Å². The monoisotopic (exact) mass is 458 g/mol. The van der Waals surface area contributed by atoms with Crippen molar-refractivity contribution in [3.63, 3.8) is 0 Å². The zero-order chi connectivity index (χ0) is 22.8. The molecular weight excluding hydrogens is 438 g/mol. The van der Waals surface area contributed by atoms with Crippen LogP contribution in [0.4, 0.5) is 19.3 Å². The van der Waals surface area contributed by atoms with Crippen LogP contribution >= 0.6 is 11.6 Å². The molecule has 166 valence electrons. The maximum Gasteiger partial charge on any atom is 0.322 e. The number of fused-ring (bicyclic) bond motifs is 1. The number of benzene rings is 3. The quantitative estimate of drug-likeness (QED) is 0.536. The van der Waals surface area contributed by atoms with Crippen LogP contribution in [0, 0.1) is 11.6 Å². The molecule has 1 N–H and O–H groups in total. The topological polar surface area (TPSA) is 50.8 Å². The van der Waals surface area contributed by atoms with E-state index in [2.05, 4.69) is 5.32 Å². The average Bonchev–Trinajstić information content (AvgIpc) is 2.80. The van der Waals surface area contributed by atoms with Crippen LogP contribution in [0.1, 0.15) is 22.7 Å². The third-order valence-electron chi connectivity index (χ3n) is 5.50. The first-order valence-electron chi connectivity index (χ1n) is 9.94. The average molecular weight is 459 g/mol. The molecule has 0 bridgehead atoms. The normalized spacial score (nSPS) is 15.2. The minimum atomic E-state index is -0.724. The lowest BCUT2D eigenvalue weighted by molar-refractivity contribution is 0.193. The molecule has 1 heterocycles. The van der Waals surface area contributed by atoms with Crippen molar-refractivity contribution in [3.05, 3.63) is 87.9 Å². The fourth-order valence-corrected chi connectivity index (χ4v) is 4.22. The number of urea groups is 1. The molecule has 1 unspecified atom stereocenters. The Labute approximate surface area is 189 Å². The van der Waals surface area contributed by atoms with Crippen LogP contribution in [-0.4, -0.2) is 31.7 Å². The van der Waals surface area contributed by atoms with Crippen molar-refractivity contribution in [3.8, 4) is 11.5 Å². The lowest BCUT2D eigenvalue weighted by Crippen LogP contribution is -2.43. The number of rotatable bonds is 4. The third-order valence-corrected chi connectivity index (χ3v) is 5.85. The molecule has 0 saturated heterocycles. The van der Waals surface area contributed by atoms with Gasteiger partial charge in [-0.3, -0.25) is 0 Å². The minimum Gasteiger partial charge on any atom is -0.493 e. The Bertz CT molecular complexity index is 1170. The highest BCUT2D eigenvalue weighted by molar-refractivity contribution is 6.31. The zero-order valence-corrected chi connectivity index (χ0v) is 18.2. The molecule has 0 aliphatic carbocycles. The van der Waals surface area contributed by atoms with Crippen molar-refractivity contribution in [2.75, 3.05) is 26.1 Å². The maximum absolute atomic E-state index is 14.2. The first kappa shape index (κ1) is 21.9. The summed E-state index contributed by atoms with van der Waals surface area (Å²) in [4.78, 5) is 14.8. The van der Waals surface area contributed by atoms with Gasteiger partial charge < -0.3 is 19.7 Å². The van der Waals surface area contributed by atoms with E-state index >= 15 is 0 Å². The molecule has 3 aromatic carbocycles. The number of halogens is 3. The van der Waals surface area contributed by atoms with E-state index in [-0.39, 0.29) is 5.69 Å². The molecular formula is C24H21ClF2N2O3. The number of methoxy groups -OCH3 is 2. The summed E-state index contributed by atoms with van der Waals surface area (Å²) in [5.74, 6) is -0.270. The standard InChI is InChI=1S/C24H21ClF2N2O3/c1-31-21-11-14-9-10-29(24(30)28-20-12-15(26)7-8-19(20)27)23(17(14)13-22(21)32-2)16-5-3-4-6-18(16)25/h3-8,11-13,23H,9-10H2,1-2H3,(H,28,30). The summed E-state index contributed by atoms with van der Waals surface area (Å²) in [6.45, 7) is 0.334. The molecule has 0 aromatic heterocycles. The molecule has 0 saturated carbocycles. The van der Waals surface area contributed by atoms with Gasteiger partial charge in [0.15, 0.2) is 11.5 Å². The van der Waals surface area contributed by atoms with Crippen molar-refractivity contribution in [1.29, 1.82) is 0 Å².